The summed E-state index contributed by atoms with van der Waals surface area (Å²) in [5.41, 5.74) is 2.13. The molecule has 3 aromatic carbocycles. The van der Waals surface area contributed by atoms with Gasteiger partial charge in [-0.15, -0.1) is 22.7 Å². The number of primary amides is 1. The highest BCUT2D eigenvalue weighted by molar-refractivity contribution is 7.52. The number of alkyl halides is 2. The molecule has 2 aromatic heterocycles. The molecule has 4 aliphatic heterocycles. The van der Waals surface area contributed by atoms with E-state index in [9.17, 15) is 65.9 Å². The Balaban J connectivity index is 0.883. The summed E-state index contributed by atoms with van der Waals surface area (Å²) in [4.78, 5) is 135. The fourth-order valence-corrected chi connectivity index (χ4v) is 12.9. The lowest BCUT2D eigenvalue weighted by molar-refractivity contribution is -0.145. The van der Waals surface area contributed by atoms with E-state index in [-0.39, 0.29) is 91.7 Å². The zero-order valence-corrected chi connectivity index (χ0v) is 44.8. The maximum atomic E-state index is 14.9. The molecule has 19 nitrogen and oxygen atoms in total. The van der Waals surface area contributed by atoms with Crippen LogP contribution in [-0.4, -0.2) is 114 Å². The minimum atomic E-state index is -5.91. The molecule has 8 amide bonds. The van der Waals surface area contributed by atoms with Crippen LogP contribution in [0.3, 0.4) is 0 Å². The number of hydrogen-bond acceptors (Lipinski definition) is 12. The van der Waals surface area contributed by atoms with Crippen LogP contribution in [0.1, 0.15) is 125 Å². The number of rotatable bonds is 17. The number of carbonyl (C=O) groups is 8. The molecule has 0 radical (unpaired) electrons. The largest absolute Gasteiger partial charge is 0.399 e. The SMILES string of the molecule is NC(=O)CC[C@H](NC(=O)[C@@H]1CC[C@@H]2CCN(C(=O)CCCCCC#Cc3cccc4c3CN(C3CCC(=O)NC3=O)C4=O)C[C@H](NC(=O)c3cc4cc(C(F)(F)P(=O)(O)O)ccc4s3)C(=O)N21)c1ncc(-c2ccccc2F)s1. The molecule has 6 heterocycles. The molecular weight excluding hydrogens is 1090 g/mol. The Labute approximate surface area is 458 Å². The van der Waals surface area contributed by atoms with Crippen LogP contribution in [0.4, 0.5) is 13.2 Å². The van der Waals surface area contributed by atoms with Gasteiger partial charge in [-0.05, 0) is 92.3 Å². The summed E-state index contributed by atoms with van der Waals surface area (Å²) in [6, 6.07) is 10.8. The van der Waals surface area contributed by atoms with Gasteiger partial charge >= 0.3 is 13.3 Å². The fraction of sp³-hybridized carbons (Fsp3) is 0.389. The van der Waals surface area contributed by atoms with E-state index >= 15 is 0 Å². The number of thiazole rings is 1. The predicted octanol–water partition coefficient (Wildman–Crippen LogP) is 5.97. The lowest BCUT2D eigenvalue weighted by Gasteiger charge is -2.39. The molecule has 9 rings (SSSR count). The number of unbranched alkanes of at least 4 members (excludes halogenated alkanes) is 3. The van der Waals surface area contributed by atoms with Crippen molar-refractivity contribution in [2.45, 2.75) is 119 Å². The molecule has 4 aliphatic rings. The van der Waals surface area contributed by atoms with Gasteiger partial charge < -0.3 is 40.9 Å². The molecule has 0 spiro atoms. The van der Waals surface area contributed by atoms with Gasteiger partial charge in [-0.2, -0.15) is 8.78 Å². The molecule has 5 atom stereocenters. The third-order valence-electron chi connectivity index (χ3n) is 14.6. The minimum absolute atomic E-state index is 0.0374. The van der Waals surface area contributed by atoms with Crippen LogP contribution in [0, 0.1) is 17.7 Å². The Hall–Kier alpha value is -7.29. The summed E-state index contributed by atoms with van der Waals surface area (Å²) in [6.07, 6.45) is 4.83. The van der Waals surface area contributed by atoms with Gasteiger partial charge in [0.15, 0.2) is 0 Å². The number of imide groups is 1. The van der Waals surface area contributed by atoms with Gasteiger partial charge in [0.05, 0.1) is 15.8 Å². The molecule has 3 fully saturated rings. The van der Waals surface area contributed by atoms with Crippen LogP contribution in [0.2, 0.25) is 0 Å². The minimum Gasteiger partial charge on any atom is -0.370 e. The van der Waals surface area contributed by atoms with Crippen molar-refractivity contribution in [2.75, 3.05) is 13.1 Å². The maximum Gasteiger partial charge on any atom is 0.399 e. The summed E-state index contributed by atoms with van der Waals surface area (Å²) in [7, 11) is -5.91. The van der Waals surface area contributed by atoms with Crippen molar-refractivity contribution in [3.05, 3.63) is 111 Å². The Bertz CT molecular complexity index is 3390. The van der Waals surface area contributed by atoms with Gasteiger partial charge in [0.2, 0.25) is 35.4 Å². The number of nitrogens with zero attached hydrogens (tertiary/aromatic N) is 4. The number of halogens is 3. The van der Waals surface area contributed by atoms with Crippen LogP contribution in [0.15, 0.2) is 72.9 Å². The van der Waals surface area contributed by atoms with Crippen molar-refractivity contribution in [3.63, 3.8) is 0 Å². The Kier molecular flexibility index (Phi) is 16.8. The lowest BCUT2D eigenvalue weighted by Crippen LogP contribution is -2.61. The highest BCUT2D eigenvalue weighted by Gasteiger charge is 2.51. The molecule has 5 aromatic rings. The fourth-order valence-electron chi connectivity index (χ4n) is 10.4. The Morgan fingerprint density at radius 2 is 1.72 bits per heavy atom. The summed E-state index contributed by atoms with van der Waals surface area (Å²) < 4.78 is 56.1. The molecule has 0 bridgehead atoms. The Morgan fingerprint density at radius 1 is 0.937 bits per heavy atom. The number of nitrogens with one attached hydrogen (secondary N) is 3. The first kappa shape index (κ1) is 56.4. The van der Waals surface area contributed by atoms with Crippen molar-refractivity contribution >= 4 is 87.6 Å². The van der Waals surface area contributed by atoms with Crippen LogP contribution in [-0.2, 0) is 45.5 Å². The highest BCUT2D eigenvalue weighted by atomic mass is 32.1. The van der Waals surface area contributed by atoms with Gasteiger partial charge in [0.25, 0.3) is 11.8 Å². The number of thiophene rings is 1. The van der Waals surface area contributed by atoms with Crippen molar-refractivity contribution in [1.29, 1.82) is 0 Å². The average molecular weight is 1140 g/mol. The summed E-state index contributed by atoms with van der Waals surface area (Å²) in [6.45, 7) is 0.0483. The second-order valence-corrected chi connectivity index (χ2v) is 23.6. The molecule has 1 unspecified atom stereocenters. The van der Waals surface area contributed by atoms with E-state index < -0.39 is 84.4 Å². The van der Waals surface area contributed by atoms with Gasteiger partial charge in [-0.25, -0.2) is 9.37 Å². The Morgan fingerprint density at radius 3 is 2.48 bits per heavy atom. The monoisotopic (exact) mass is 1140 g/mol. The number of benzene rings is 3. The van der Waals surface area contributed by atoms with Crippen molar-refractivity contribution < 1.29 is 65.9 Å². The smallest absolute Gasteiger partial charge is 0.370 e. The van der Waals surface area contributed by atoms with Crippen LogP contribution in [0.5, 0.6) is 0 Å². The molecule has 7 N–H and O–H groups in total. The maximum absolute atomic E-state index is 14.9. The van der Waals surface area contributed by atoms with Gasteiger partial charge in [0.1, 0.15) is 29.0 Å². The van der Waals surface area contributed by atoms with Crippen LogP contribution in [0.25, 0.3) is 20.5 Å². The molecule has 25 heteroatoms. The number of fused-ring (bicyclic) bond motifs is 3. The van der Waals surface area contributed by atoms with Crippen LogP contribution >= 0.6 is 30.3 Å². The molecule has 414 valence electrons. The number of nitrogens with two attached hydrogens (primary N) is 1. The van der Waals surface area contributed by atoms with E-state index in [1.165, 1.54) is 39.1 Å². The van der Waals surface area contributed by atoms with E-state index in [1.807, 2.05) is 0 Å². The van der Waals surface area contributed by atoms with E-state index in [0.717, 1.165) is 34.8 Å². The second kappa shape index (κ2) is 23.6. The van der Waals surface area contributed by atoms with E-state index in [1.54, 1.807) is 36.4 Å². The highest BCUT2D eigenvalue weighted by Crippen LogP contribution is 2.59. The molecule has 0 aliphatic carbocycles. The summed E-state index contributed by atoms with van der Waals surface area (Å²) in [5.74, 6) is 1.65. The first-order valence-corrected chi connectivity index (χ1v) is 28.9. The van der Waals surface area contributed by atoms with E-state index in [4.69, 9.17) is 5.73 Å². The molecule has 3 saturated heterocycles. The standard InChI is InChI=1S/C54H54F3N8O11PS2/c55-37-13-7-6-11-35(37)44-27-59-51(79-44)38(17-21-45(58)66)60-49(70)41-18-16-33-23-24-63(29-39(53(73)65(33)41)61-50(71)43-26-31-25-32(15-20-42(31)78-43)54(56,57)77(74,75)76)47(68)14-5-3-1-2-4-9-30-10-8-12-34-36(30)28-64(52(34)72)40-19-22-46(67)62-48(40)69/h6-8,10-13,15,20,25-27,33,38-41H,1-3,5,14,16-19,21-24,28-29H2,(H2,58,66)(H,60,70)(H,61,71)(H,62,67,69)(H2,74,75,76)/t33-,38+,39+,40?,41+/m1/s1. The molecule has 0 saturated carbocycles. The zero-order chi connectivity index (χ0) is 56.3. The van der Waals surface area contributed by atoms with Crippen molar-refractivity contribution in [2.24, 2.45) is 5.73 Å². The third-order valence-corrected chi connectivity index (χ3v) is 17.8. The van der Waals surface area contributed by atoms with Gasteiger partial charge in [-0.3, -0.25) is 48.2 Å². The van der Waals surface area contributed by atoms with E-state index in [2.05, 4.69) is 32.8 Å². The number of hydrogen-bond donors (Lipinski definition) is 6. The zero-order valence-electron chi connectivity index (χ0n) is 42.3. The normalized spacial score (nSPS) is 19.9. The molecular formula is C54H54F3N8O11PS2. The quantitative estimate of drug-likeness (QED) is 0.0272. The lowest BCUT2D eigenvalue weighted by atomic mass is 10.0. The first-order chi connectivity index (χ1) is 37.7. The summed E-state index contributed by atoms with van der Waals surface area (Å²) >= 11 is 1.99. The predicted molar refractivity (Wildman–Crippen MR) is 283 cm³/mol. The number of piperidine rings is 1. The number of aromatic nitrogens is 1. The topological polar surface area (TPSA) is 279 Å². The number of amides is 8. The number of carbonyl (C=O) groups excluding carboxylic acids is 8. The van der Waals surface area contributed by atoms with Crippen molar-refractivity contribution in [3.8, 4) is 22.3 Å². The van der Waals surface area contributed by atoms with Gasteiger partial charge in [-0.1, -0.05) is 48.6 Å². The summed E-state index contributed by atoms with van der Waals surface area (Å²) in [5, 5.41) is 8.42. The van der Waals surface area contributed by atoms with Crippen LogP contribution < -0.4 is 21.7 Å². The average Bonchev–Trinajstić information content (AvgIpc) is 4.39. The third kappa shape index (κ3) is 12.3. The first-order valence-electron chi connectivity index (χ1n) is 25.6. The van der Waals surface area contributed by atoms with E-state index in [0.29, 0.717) is 69.8 Å². The second-order valence-electron chi connectivity index (χ2n) is 19.8. The van der Waals surface area contributed by atoms with Crippen molar-refractivity contribution in [1.82, 2.24) is 35.6 Å². The molecule has 79 heavy (non-hydrogen) atoms. The van der Waals surface area contributed by atoms with Gasteiger partial charge in [0, 0.05) is 84.5 Å².